The molecule has 4 rings (SSSR count). The zero-order valence-corrected chi connectivity index (χ0v) is 17.8. The Kier molecular flexibility index (Phi) is 5.95. The van der Waals surface area contributed by atoms with Crippen LogP contribution in [0.1, 0.15) is 24.4 Å². The Hall–Kier alpha value is -2.23. The minimum Gasteiger partial charge on any atom is -0.350 e. The molecule has 10 heteroatoms. The number of hydrogen-bond donors (Lipinski definition) is 1. The summed E-state index contributed by atoms with van der Waals surface area (Å²) in [6, 6.07) is 4.13. The van der Waals surface area contributed by atoms with Crippen molar-refractivity contribution in [3.8, 4) is 0 Å². The fraction of sp³-hybridized carbons (Fsp3) is 0.400. The topological polar surface area (TPSA) is 82.1 Å². The Morgan fingerprint density at radius 2 is 2.03 bits per heavy atom. The van der Waals surface area contributed by atoms with Crippen LogP contribution in [-0.4, -0.2) is 61.9 Å². The Labute approximate surface area is 179 Å². The van der Waals surface area contributed by atoms with Gasteiger partial charge in [0.05, 0.1) is 17.4 Å². The fourth-order valence-corrected chi connectivity index (χ4v) is 5.25. The first-order valence-electron chi connectivity index (χ1n) is 9.80. The average molecular weight is 453 g/mol. The molecule has 3 aliphatic rings. The summed E-state index contributed by atoms with van der Waals surface area (Å²) in [5.74, 6) is -0.861. The van der Waals surface area contributed by atoms with Crippen molar-refractivity contribution < 1.29 is 17.6 Å². The lowest BCUT2D eigenvalue weighted by Crippen LogP contribution is -2.44. The first-order chi connectivity index (χ1) is 14.4. The molecule has 1 amide bonds. The van der Waals surface area contributed by atoms with E-state index in [2.05, 4.69) is 14.6 Å². The monoisotopic (exact) mass is 452 g/mol. The molecular formula is C20H22ClFN4O3S. The number of carbonyl (C=O) groups is 1. The van der Waals surface area contributed by atoms with E-state index in [1.165, 1.54) is 12.1 Å². The highest BCUT2D eigenvalue weighted by molar-refractivity contribution is 7.90. The summed E-state index contributed by atoms with van der Waals surface area (Å²) < 4.78 is 42.2. The lowest BCUT2D eigenvalue weighted by molar-refractivity contribution is -0.117. The standard InChI is InChI=1S/C20H22ClFN4O3S/c21-15-6-3-7-16(22)18(15)17(25-8-1-2-9-25)13-23-20(27)14-5-4-10-26-11-12-30(28,29)24-19(14)26/h3-7,10,17H,1-2,8-9,11-13H2,(H,23,27). The van der Waals surface area contributed by atoms with Crippen LogP contribution >= 0.6 is 11.6 Å². The molecule has 160 valence electrons. The molecule has 1 saturated heterocycles. The van der Waals surface area contributed by atoms with Gasteiger partial charge in [0.1, 0.15) is 5.82 Å². The third-order valence-electron chi connectivity index (χ3n) is 5.47. The summed E-state index contributed by atoms with van der Waals surface area (Å²) >= 11 is 6.30. The number of allylic oxidation sites excluding steroid dienone is 2. The van der Waals surface area contributed by atoms with E-state index in [0.717, 1.165) is 25.9 Å². The first kappa shape index (κ1) is 21.0. The van der Waals surface area contributed by atoms with Gasteiger partial charge in [0, 0.05) is 29.9 Å². The quantitative estimate of drug-likeness (QED) is 0.740. The minimum atomic E-state index is -3.60. The number of hydrogen-bond acceptors (Lipinski definition) is 5. The Bertz CT molecular complexity index is 1030. The molecule has 3 heterocycles. The second-order valence-corrected chi connectivity index (χ2v) is 9.58. The van der Waals surface area contributed by atoms with Gasteiger partial charge in [0.15, 0.2) is 5.84 Å². The van der Waals surface area contributed by atoms with Crippen LogP contribution in [0.5, 0.6) is 0 Å². The molecule has 0 aliphatic carbocycles. The molecule has 0 bridgehead atoms. The van der Waals surface area contributed by atoms with Gasteiger partial charge in [-0.25, -0.2) is 12.8 Å². The summed E-state index contributed by atoms with van der Waals surface area (Å²) in [4.78, 5) is 16.7. The van der Waals surface area contributed by atoms with Crippen molar-refractivity contribution in [1.82, 2.24) is 15.1 Å². The van der Waals surface area contributed by atoms with Crippen LogP contribution in [0.3, 0.4) is 0 Å². The van der Waals surface area contributed by atoms with Gasteiger partial charge in [-0.3, -0.25) is 9.69 Å². The smallest absolute Gasteiger partial charge is 0.256 e. The van der Waals surface area contributed by atoms with Crippen molar-refractivity contribution in [1.29, 1.82) is 0 Å². The molecule has 0 spiro atoms. The highest BCUT2D eigenvalue weighted by atomic mass is 35.5. The third kappa shape index (κ3) is 4.28. The number of halogens is 2. The van der Waals surface area contributed by atoms with Crippen molar-refractivity contribution in [2.24, 2.45) is 4.40 Å². The molecule has 0 aromatic heterocycles. The van der Waals surface area contributed by atoms with E-state index in [-0.39, 0.29) is 30.3 Å². The molecule has 0 radical (unpaired) electrons. The number of fused-ring (bicyclic) bond motifs is 1. The normalized spacial score (nSPS) is 21.6. The number of likely N-dealkylation sites (tertiary alicyclic amines) is 1. The van der Waals surface area contributed by atoms with Gasteiger partial charge >= 0.3 is 0 Å². The van der Waals surface area contributed by atoms with E-state index in [1.807, 2.05) is 0 Å². The maximum atomic E-state index is 14.6. The van der Waals surface area contributed by atoms with E-state index in [0.29, 0.717) is 10.6 Å². The molecule has 3 aliphatic heterocycles. The second kappa shape index (κ2) is 8.49. The highest BCUT2D eigenvalue weighted by Gasteiger charge is 2.32. The van der Waals surface area contributed by atoms with Gasteiger partial charge in [-0.05, 0) is 50.2 Å². The van der Waals surface area contributed by atoms with Crippen molar-refractivity contribution in [2.75, 3.05) is 31.9 Å². The van der Waals surface area contributed by atoms with Crippen molar-refractivity contribution in [3.05, 3.63) is 58.5 Å². The summed E-state index contributed by atoms with van der Waals surface area (Å²) in [5, 5.41) is 3.15. The fourth-order valence-electron chi connectivity index (χ4n) is 3.97. The predicted molar refractivity (Wildman–Crippen MR) is 113 cm³/mol. The lowest BCUT2D eigenvalue weighted by atomic mass is 10.0. The Balaban J connectivity index is 1.57. The number of amides is 1. The van der Waals surface area contributed by atoms with Crippen LogP contribution in [0.2, 0.25) is 5.02 Å². The van der Waals surface area contributed by atoms with Gasteiger partial charge in [-0.15, -0.1) is 4.40 Å². The molecule has 1 fully saturated rings. The maximum absolute atomic E-state index is 14.6. The molecule has 1 atom stereocenters. The summed E-state index contributed by atoms with van der Waals surface area (Å²) in [6.45, 7) is 1.95. The summed E-state index contributed by atoms with van der Waals surface area (Å²) in [6.07, 6.45) is 6.90. The largest absolute Gasteiger partial charge is 0.350 e. The number of sulfonamides is 1. The van der Waals surface area contributed by atoms with Gasteiger partial charge < -0.3 is 10.2 Å². The van der Waals surface area contributed by atoms with E-state index in [1.54, 1.807) is 29.3 Å². The van der Waals surface area contributed by atoms with Crippen LogP contribution < -0.4 is 5.32 Å². The first-order valence-corrected chi connectivity index (χ1v) is 11.8. The number of carbonyl (C=O) groups excluding carboxylic acids is 1. The van der Waals surface area contributed by atoms with Gasteiger partial charge in [0.25, 0.3) is 15.9 Å². The third-order valence-corrected chi connectivity index (χ3v) is 6.95. The molecule has 1 unspecified atom stereocenters. The van der Waals surface area contributed by atoms with Crippen molar-refractivity contribution >= 4 is 33.4 Å². The van der Waals surface area contributed by atoms with Crippen molar-refractivity contribution in [2.45, 2.75) is 18.9 Å². The average Bonchev–Trinajstić information content (AvgIpc) is 3.23. The minimum absolute atomic E-state index is 0.0987. The van der Waals surface area contributed by atoms with E-state index in [9.17, 15) is 17.6 Å². The molecule has 7 nitrogen and oxygen atoms in total. The van der Waals surface area contributed by atoms with E-state index in [4.69, 9.17) is 11.6 Å². The Morgan fingerprint density at radius 3 is 2.77 bits per heavy atom. The zero-order valence-electron chi connectivity index (χ0n) is 16.2. The van der Waals surface area contributed by atoms with Crippen molar-refractivity contribution in [3.63, 3.8) is 0 Å². The molecule has 0 saturated carbocycles. The molecule has 30 heavy (non-hydrogen) atoms. The van der Waals surface area contributed by atoms with Gasteiger partial charge in [-0.2, -0.15) is 0 Å². The number of nitrogens with one attached hydrogen (secondary N) is 1. The number of amidine groups is 1. The van der Waals surface area contributed by atoms with E-state index < -0.39 is 27.8 Å². The van der Waals surface area contributed by atoms with Crippen LogP contribution in [0.25, 0.3) is 0 Å². The van der Waals surface area contributed by atoms with Gasteiger partial charge in [-0.1, -0.05) is 17.7 Å². The second-order valence-electron chi connectivity index (χ2n) is 7.42. The summed E-state index contributed by atoms with van der Waals surface area (Å²) in [5.41, 5.74) is 0.527. The van der Waals surface area contributed by atoms with Gasteiger partial charge in [0.2, 0.25) is 0 Å². The molecule has 1 aromatic carbocycles. The predicted octanol–water partition coefficient (Wildman–Crippen LogP) is 2.23. The van der Waals surface area contributed by atoms with Crippen LogP contribution in [0.4, 0.5) is 4.39 Å². The highest BCUT2D eigenvalue weighted by Crippen LogP contribution is 2.32. The molecular weight excluding hydrogens is 431 g/mol. The lowest BCUT2D eigenvalue weighted by Gasteiger charge is -2.31. The molecule has 1 aromatic rings. The van der Waals surface area contributed by atoms with Crippen LogP contribution in [-0.2, 0) is 14.8 Å². The zero-order chi connectivity index (χ0) is 21.3. The molecule has 1 N–H and O–H groups in total. The number of benzene rings is 1. The van der Waals surface area contributed by atoms with Crippen LogP contribution in [0, 0.1) is 5.82 Å². The number of nitrogens with zero attached hydrogens (tertiary/aromatic N) is 3. The van der Waals surface area contributed by atoms with Crippen LogP contribution in [0.15, 0.2) is 46.5 Å². The number of rotatable bonds is 5. The summed E-state index contributed by atoms with van der Waals surface area (Å²) in [7, 11) is -3.60. The Morgan fingerprint density at radius 1 is 1.27 bits per heavy atom. The maximum Gasteiger partial charge on any atom is 0.256 e. The SMILES string of the molecule is O=C(NCC(c1c(F)cccc1Cl)N1CCCC1)C1=CC=CN2CCS(=O)(=O)N=C12. The van der Waals surface area contributed by atoms with E-state index >= 15 is 0 Å².